The van der Waals surface area contributed by atoms with Gasteiger partial charge in [-0.3, -0.25) is 10.1 Å². The third-order valence-corrected chi connectivity index (χ3v) is 3.31. The summed E-state index contributed by atoms with van der Waals surface area (Å²) in [4.78, 5) is 10.2. The second kappa shape index (κ2) is 6.71. The van der Waals surface area contributed by atoms with Crippen molar-refractivity contribution in [1.29, 1.82) is 0 Å². The number of nitro groups is 1. The smallest absolute Gasteiger partial charge is 0.270 e. The normalized spacial score (nSPS) is 12.7. The largest absolute Gasteiger partial charge is 0.314 e. The molecule has 0 heterocycles. The molecule has 0 aromatic heterocycles. The molecule has 1 aromatic rings. The van der Waals surface area contributed by atoms with Crippen LogP contribution in [-0.2, 0) is 6.42 Å². The Labute approximate surface area is 112 Å². The van der Waals surface area contributed by atoms with Gasteiger partial charge in [0.15, 0.2) is 0 Å². The molecular formula is C13H19ClN2O2. The first-order chi connectivity index (χ1) is 8.45. The van der Waals surface area contributed by atoms with Crippen LogP contribution >= 0.6 is 11.6 Å². The molecule has 0 fully saturated rings. The lowest BCUT2D eigenvalue weighted by Crippen LogP contribution is -2.35. The topological polar surface area (TPSA) is 55.2 Å². The van der Waals surface area contributed by atoms with E-state index in [1.54, 1.807) is 6.07 Å². The Bertz CT molecular complexity index is 421. The molecule has 1 N–H and O–H groups in total. The van der Waals surface area contributed by atoms with E-state index in [1.165, 1.54) is 12.1 Å². The van der Waals surface area contributed by atoms with Gasteiger partial charge in [-0.15, -0.1) is 0 Å². The SMILES string of the molecule is CCNC(Cc1ccc([N+](=O)[O-])cc1Cl)C(C)C. The number of nitrogens with one attached hydrogen (secondary N) is 1. The van der Waals surface area contributed by atoms with Crippen LogP contribution in [0.1, 0.15) is 26.3 Å². The summed E-state index contributed by atoms with van der Waals surface area (Å²) in [6.45, 7) is 7.25. The van der Waals surface area contributed by atoms with E-state index in [1.807, 2.05) is 0 Å². The van der Waals surface area contributed by atoms with Crippen LogP contribution in [0.4, 0.5) is 5.69 Å². The van der Waals surface area contributed by atoms with Crippen LogP contribution in [-0.4, -0.2) is 17.5 Å². The number of hydrogen-bond donors (Lipinski definition) is 1. The maximum Gasteiger partial charge on any atom is 0.270 e. The van der Waals surface area contributed by atoms with Crippen molar-refractivity contribution in [2.24, 2.45) is 5.92 Å². The molecule has 1 aromatic carbocycles. The summed E-state index contributed by atoms with van der Waals surface area (Å²) < 4.78 is 0. The number of nitro benzene ring substituents is 1. The maximum atomic E-state index is 10.6. The van der Waals surface area contributed by atoms with E-state index >= 15 is 0 Å². The van der Waals surface area contributed by atoms with Crippen molar-refractivity contribution in [2.45, 2.75) is 33.2 Å². The number of non-ortho nitro benzene ring substituents is 1. The average molecular weight is 271 g/mol. The molecule has 0 bridgehead atoms. The molecular weight excluding hydrogens is 252 g/mol. The molecule has 100 valence electrons. The van der Waals surface area contributed by atoms with Crippen LogP contribution in [0.3, 0.4) is 0 Å². The Morgan fingerprint density at radius 1 is 1.44 bits per heavy atom. The molecule has 1 atom stereocenters. The van der Waals surface area contributed by atoms with Crippen LogP contribution < -0.4 is 5.32 Å². The van der Waals surface area contributed by atoms with E-state index in [0.29, 0.717) is 17.0 Å². The highest BCUT2D eigenvalue weighted by Crippen LogP contribution is 2.24. The van der Waals surface area contributed by atoms with Crippen LogP contribution in [0.25, 0.3) is 0 Å². The van der Waals surface area contributed by atoms with Crippen molar-refractivity contribution in [3.8, 4) is 0 Å². The van der Waals surface area contributed by atoms with Crippen molar-refractivity contribution in [3.05, 3.63) is 38.9 Å². The lowest BCUT2D eigenvalue weighted by Gasteiger charge is -2.22. The summed E-state index contributed by atoms with van der Waals surface area (Å²) in [6.07, 6.45) is 0.780. The summed E-state index contributed by atoms with van der Waals surface area (Å²) in [5.74, 6) is 0.483. The Balaban J connectivity index is 2.86. The summed E-state index contributed by atoms with van der Waals surface area (Å²) in [5, 5.41) is 14.5. The van der Waals surface area contributed by atoms with Gasteiger partial charge in [0.25, 0.3) is 5.69 Å². The summed E-state index contributed by atoms with van der Waals surface area (Å²) >= 11 is 6.09. The second-order valence-electron chi connectivity index (χ2n) is 4.65. The van der Waals surface area contributed by atoms with Gasteiger partial charge < -0.3 is 5.32 Å². The van der Waals surface area contributed by atoms with E-state index in [4.69, 9.17) is 11.6 Å². The zero-order valence-electron chi connectivity index (χ0n) is 10.9. The van der Waals surface area contributed by atoms with E-state index in [0.717, 1.165) is 18.5 Å². The number of hydrogen-bond acceptors (Lipinski definition) is 3. The van der Waals surface area contributed by atoms with Gasteiger partial charge >= 0.3 is 0 Å². The van der Waals surface area contributed by atoms with Gasteiger partial charge in [0.2, 0.25) is 0 Å². The fourth-order valence-electron chi connectivity index (χ4n) is 1.86. The Kier molecular flexibility index (Phi) is 5.56. The van der Waals surface area contributed by atoms with Crippen LogP contribution in [0.2, 0.25) is 5.02 Å². The zero-order chi connectivity index (χ0) is 13.7. The molecule has 0 saturated carbocycles. The minimum absolute atomic E-state index is 0.0355. The number of halogens is 1. The van der Waals surface area contributed by atoms with Crippen LogP contribution in [0.15, 0.2) is 18.2 Å². The number of rotatable bonds is 6. The zero-order valence-corrected chi connectivity index (χ0v) is 11.7. The molecule has 0 aliphatic carbocycles. The predicted octanol–water partition coefficient (Wildman–Crippen LogP) is 3.42. The number of likely N-dealkylation sites (N-methyl/N-ethyl adjacent to an activating group) is 1. The van der Waals surface area contributed by atoms with Crippen molar-refractivity contribution in [2.75, 3.05) is 6.54 Å². The molecule has 0 radical (unpaired) electrons. The van der Waals surface area contributed by atoms with Crippen molar-refractivity contribution < 1.29 is 4.92 Å². The number of benzene rings is 1. The third-order valence-electron chi connectivity index (χ3n) is 2.96. The summed E-state index contributed by atoms with van der Waals surface area (Å²) in [5.41, 5.74) is 0.982. The molecule has 5 heteroatoms. The lowest BCUT2D eigenvalue weighted by molar-refractivity contribution is -0.384. The molecule has 0 aliphatic rings. The molecule has 0 saturated heterocycles. The van der Waals surface area contributed by atoms with Gasteiger partial charge in [0, 0.05) is 18.2 Å². The fourth-order valence-corrected chi connectivity index (χ4v) is 2.11. The van der Waals surface area contributed by atoms with Crippen molar-refractivity contribution >= 4 is 17.3 Å². The lowest BCUT2D eigenvalue weighted by atomic mass is 9.96. The first kappa shape index (κ1) is 14.9. The van der Waals surface area contributed by atoms with Crippen molar-refractivity contribution in [1.82, 2.24) is 5.32 Å². The predicted molar refractivity (Wildman–Crippen MR) is 74.1 cm³/mol. The minimum Gasteiger partial charge on any atom is -0.314 e. The number of nitrogens with zero attached hydrogens (tertiary/aromatic N) is 1. The molecule has 0 amide bonds. The Morgan fingerprint density at radius 3 is 2.56 bits per heavy atom. The third kappa shape index (κ3) is 3.96. The van der Waals surface area contributed by atoms with E-state index in [2.05, 4.69) is 26.1 Å². The molecule has 0 spiro atoms. The van der Waals surface area contributed by atoms with Gasteiger partial charge in [-0.1, -0.05) is 38.4 Å². The van der Waals surface area contributed by atoms with Gasteiger partial charge in [-0.25, -0.2) is 0 Å². The minimum atomic E-state index is -0.431. The van der Waals surface area contributed by atoms with Crippen LogP contribution in [0, 0.1) is 16.0 Å². The van der Waals surface area contributed by atoms with Gasteiger partial charge in [0.05, 0.1) is 9.95 Å². The van der Waals surface area contributed by atoms with Gasteiger partial charge in [-0.2, -0.15) is 0 Å². The monoisotopic (exact) mass is 270 g/mol. The molecule has 1 rings (SSSR count). The Hall–Kier alpha value is -1.13. The molecule has 0 aliphatic heterocycles. The fraction of sp³-hybridized carbons (Fsp3) is 0.538. The maximum absolute atomic E-state index is 10.6. The molecule has 4 nitrogen and oxygen atoms in total. The van der Waals surface area contributed by atoms with E-state index < -0.39 is 4.92 Å². The van der Waals surface area contributed by atoms with Gasteiger partial charge in [0.1, 0.15) is 0 Å². The van der Waals surface area contributed by atoms with Crippen LogP contribution in [0.5, 0.6) is 0 Å². The first-order valence-corrected chi connectivity index (χ1v) is 6.49. The highest BCUT2D eigenvalue weighted by Gasteiger charge is 2.16. The summed E-state index contributed by atoms with van der Waals surface area (Å²) in [6, 6.07) is 4.99. The van der Waals surface area contributed by atoms with Crippen molar-refractivity contribution in [3.63, 3.8) is 0 Å². The average Bonchev–Trinajstić information content (AvgIpc) is 2.30. The highest BCUT2D eigenvalue weighted by molar-refractivity contribution is 6.31. The van der Waals surface area contributed by atoms with E-state index in [-0.39, 0.29) is 5.69 Å². The Morgan fingerprint density at radius 2 is 2.11 bits per heavy atom. The first-order valence-electron chi connectivity index (χ1n) is 6.11. The molecule has 1 unspecified atom stereocenters. The summed E-state index contributed by atoms with van der Waals surface area (Å²) in [7, 11) is 0. The standard InChI is InChI=1S/C13H19ClN2O2/c1-4-15-13(9(2)3)7-10-5-6-11(16(17)18)8-12(10)14/h5-6,8-9,13,15H,4,7H2,1-3H3. The van der Waals surface area contributed by atoms with Gasteiger partial charge in [-0.05, 0) is 24.4 Å². The quantitative estimate of drug-likeness (QED) is 0.636. The second-order valence-corrected chi connectivity index (χ2v) is 5.05. The molecule has 18 heavy (non-hydrogen) atoms. The highest BCUT2D eigenvalue weighted by atomic mass is 35.5. The van der Waals surface area contributed by atoms with E-state index in [9.17, 15) is 10.1 Å².